The van der Waals surface area contributed by atoms with Crippen molar-refractivity contribution in [2.75, 3.05) is 20.3 Å². The summed E-state index contributed by atoms with van der Waals surface area (Å²) < 4.78 is 5.11. The normalized spacial score (nSPS) is 27.8. The van der Waals surface area contributed by atoms with Crippen LogP contribution in [0.15, 0.2) is 0 Å². The zero-order valence-corrected chi connectivity index (χ0v) is 13.3. The van der Waals surface area contributed by atoms with Gasteiger partial charge in [0, 0.05) is 13.7 Å². The summed E-state index contributed by atoms with van der Waals surface area (Å²) in [5.41, 5.74) is 0. The number of carbonyl (C=O) groups excluding carboxylic acids is 2. The average molecular weight is 296 g/mol. The fourth-order valence-corrected chi connectivity index (χ4v) is 3.59. The molecule has 2 rings (SSSR count). The Labute approximate surface area is 127 Å². The minimum Gasteiger partial charge on any atom is -0.383 e. The van der Waals surface area contributed by atoms with Crippen LogP contribution in [0.4, 0.5) is 0 Å². The maximum Gasteiger partial charge on any atom is 0.246 e. The zero-order valence-electron chi connectivity index (χ0n) is 13.3. The van der Waals surface area contributed by atoms with Gasteiger partial charge in [-0.2, -0.15) is 0 Å². The second kappa shape index (κ2) is 7.78. The molecular formula is C16H28N2O3. The Kier molecular flexibility index (Phi) is 6.03. The molecule has 5 nitrogen and oxygen atoms in total. The van der Waals surface area contributed by atoms with Gasteiger partial charge in [0.15, 0.2) is 0 Å². The summed E-state index contributed by atoms with van der Waals surface area (Å²) in [6.45, 7) is 3.03. The first-order chi connectivity index (χ1) is 10.2. The Balaban J connectivity index is 2.11. The van der Waals surface area contributed by atoms with Crippen molar-refractivity contribution >= 4 is 11.8 Å². The van der Waals surface area contributed by atoms with Crippen molar-refractivity contribution in [2.45, 2.75) is 64.0 Å². The van der Waals surface area contributed by atoms with Gasteiger partial charge in [-0.1, -0.05) is 32.6 Å². The maximum atomic E-state index is 12.8. The van der Waals surface area contributed by atoms with Gasteiger partial charge < -0.3 is 15.0 Å². The van der Waals surface area contributed by atoms with Crippen molar-refractivity contribution in [3.8, 4) is 0 Å². The molecule has 0 aromatic rings. The molecule has 2 amide bonds. The third-order valence-corrected chi connectivity index (χ3v) is 4.75. The van der Waals surface area contributed by atoms with Crippen LogP contribution >= 0.6 is 0 Å². The second-order valence-corrected chi connectivity index (χ2v) is 6.21. The first kappa shape index (κ1) is 16.3. The molecule has 2 aliphatic rings. The zero-order chi connectivity index (χ0) is 15.2. The third kappa shape index (κ3) is 3.76. The predicted octanol–water partition coefficient (Wildman–Crippen LogP) is 1.71. The number of hydrogen-bond acceptors (Lipinski definition) is 3. The van der Waals surface area contributed by atoms with E-state index in [9.17, 15) is 9.59 Å². The van der Waals surface area contributed by atoms with Crippen LogP contribution in [0.1, 0.15) is 51.9 Å². The maximum absolute atomic E-state index is 12.8. The number of methoxy groups -OCH3 is 1. The molecule has 1 saturated heterocycles. The van der Waals surface area contributed by atoms with Crippen LogP contribution in [-0.2, 0) is 14.3 Å². The molecule has 5 heteroatoms. The number of carbonyl (C=O) groups is 2. The minimum atomic E-state index is -0.322. The number of hydrogen-bond donors (Lipinski definition) is 1. The summed E-state index contributed by atoms with van der Waals surface area (Å²) in [4.78, 5) is 27.0. The standard InChI is InChI=1S/C16H28N2O3/c1-3-7-13-15(19)17-14(12-8-5-4-6-9-12)16(20)18(13)10-11-21-2/h12-14H,3-11H2,1-2H3,(H,17,19). The lowest BCUT2D eigenvalue weighted by Gasteiger charge is -2.42. The van der Waals surface area contributed by atoms with Crippen molar-refractivity contribution in [1.82, 2.24) is 10.2 Å². The van der Waals surface area contributed by atoms with Crippen LogP contribution < -0.4 is 5.32 Å². The topological polar surface area (TPSA) is 58.6 Å². The number of amides is 2. The quantitative estimate of drug-likeness (QED) is 0.812. The smallest absolute Gasteiger partial charge is 0.246 e. The first-order valence-electron chi connectivity index (χ1n) is 8.28. The fraction of sp³-hybridized carbons (Fsp3) is 0.875. The van der Waals surface area contributed by atoms with E-state index in [1.807, 2.05) is 6.92 Å². The van der Waals surface area contributed by atoms with E-state index in [-0.39, 0.29) is 23.9 Å². The highest BCUT2D eigenvalue weighted by Crippen LogP contribution is 2.29. The van der Waals surface area contributed by atoms with Gasteiger partial charge in [0.1, 0.15) is 12.1 Å². The molecule has 0 radical (unpaired) electrons. The highest BCUT2D eigenvalue weighted by atomic mass is 16.5. The van der Waals surface area contributed by atoms with Crippen molar-refractivity contribution in [2.24, 2.45) is 5.92 Å². The monoisotopic (exact) mass is 296 g/mol. The van der Waals surface area contributed by atoms with Gasteiger partial charge in [0.2, 0.25) is 11.8 Å². The van der Waals surface area contributed by atoms with Crippen LogP contribution in [0.25, 0.3) is 0 Å². The van der Waals surface area contributed by atoms with Gasteiger partial charge in [-0.3, -0.25) is 9.59 Å². The number of ether oxygens (including phenoxy) is 1. The van der Waals surface area contributed by atoms with E-state index in [4.69, 9.17) is 4.74 Å². The predicted molar refractivity (Wildman–Crippen MR) is 80.8 cm³/mol. The molecule has 1 heterocycles. The largest absolute Gasteiger partial charge is 0.383 e. The minimum absolute atomic E-state index is 0.0168. The molecule has 1 saturated carbocycles. The Morgan fingerprint density at radius 3 is 2.57 bits per heavy atom. The van der Waals surface area contributed by atoms with E-state index in [1.54, 1.807) is 12.0 Å². The summed E-state index contributed by atoms with van der Waals surface area (Å²) in [6.07, 6.45) is 7.29. The summed E-state index contributed by atoms with van der Waals surface area (Å²) in [5, 5.41) is 3.01. The van der Waals surface area contributed by atoms with Crippen LogP contribution in [0.2, 0.25) is 0 Å². The molecule has 2 fully saturated rings. The van der Waals surface area contributed by atoms with Gasteiger partial charge in [-0.25, -0.2) is 0 Å². The van der Waals surface area contributed by atoms with Crippen molar-refractivity contribution in [3.63, 3.8) is 0 Å². The molecule has 0 aromatic heterocycles. The molecule has 21 heavy (non-hydrogen) atoms. The number of nitrogens with one attached hydrogen (secondary N) is 1. The van der Waals surface area contributed by atoms with E-state index in [2.05, 4.69) is 5.32 Å². The Hall–Kier alpha value is -1.10. The fourth-order valence-electron chi connectivity index (χ4n) is 3.59. The highest BCUT2D eigenvalue weighted by Gasteiger charge is 2.43. The number of nitrogens with zero attached hydrogens (tertiary/aromatic N) is 1. The van der Waals surface area contributed by atoms with E-state index < -0.39 is 0 Å². The molecule has 0 bridgehead atoms. The lowest BCUT2D eigenvalue weighted by molar-refractivity contribution is -0.152. The van der Waals surface area contributed by atoms with Gasteiger partial charge in [-0.15, -0.1) is 0 Å². The van der Waals surface area contributed by atoms with Crippen LogP contribution in [0.3, 0.4) is 0 Å². The molecule has 120 valence electrons. The Bertz CT molecular complexity index is 367. The molecule has 1 aliphatic heterocycles. The van der Waals surface area contributed by atoms with Crippen LogP contribution in [0.5, 0.6) is 0 Å². The summed E-state index contributed by atoms with van der Waals surface area (Å²) in [7, 11) is 1.63. The van der Waals surface area contributed by atoms with Crippen molar-refractivity contribution < 1.29 is 14.3 Å². The lowest BCUT2D eigenvalue weighted by Crippen LogP contribution is -2.65. The van der Waals surface area contributed by atoms with E-state index >= 15 is 0 Å². The highest BCUT2D eigenvalue weighted by molar-refractivity contribution is 5.97. The second-order valence-electron chi connectivity index (χ2n) is 6.21. The van der Waals surface area contributed by atoms with Gasteiger partial charge in [0.05, 0.1) is 6.61 Å². The lowest BCUT2D eigenvalue weighted by atomic mass is 9.82. The van der Waals surface area contributed by atoms with E-state index in [0.717, 1.165) is 25.7 Å². The number of rotatable bonds is 6. The van der Waals surface area contributed by atoms with E-state index in [0.29, 0.717) is 19.1 Å². The summed E-state index contributed by atoms with van der Waals surface area (Å²) in [6, 6.07) is -0.639. The molecule has 2 unspecified atom stereocenters. The third-order valence-electron chi connectivity index (χ3n) is 4.75. The van der Waals surface area contributed by atoms with Crippen LogP contribution in [-0.4, -0.2) is 49.1 Å². The summed E-state index contributed by atoms with van der Waals surface area (Å²) >= 11 is 0. The molecule has 1 aliphatic carbocycles. The average Bonchev–Trinajstić information content (AvgIpc) is 2.51. The van der Waals surface area contributed by atoms with Gasteiger partial charge in [0.25, 0.3) is 0 Å². The van der Waals surface area contributed by atoms with Crippen molar-refractivity contribution in [1.29, 1.82) is 0 Å². The molecule has 2 atom stereocenters. The number of piperazine rings is 1. The summed E-state index contributed by atoms with van der Waals surface area (Å²) in [5.74, 6) is 0.419. The molecule has 0 aromatic carbocycles. The van der Waals surface area contributed by atoms with Crippen molar-refractivity contribution in [3.05, 3.63) is 0 Å². The molecule has 1 N–H and O–H groups in total. The Morgan fingerprint density at radius 1 is 1.24 bits per heavy atom. The molecular weight excluding hydrogens is 268 g/mol. The van der Waals surface area contributed by atoms with Gasteiger partial charge in [-0.05, 0) is 25.2 Å². The van der Waals surface area contributed by atoms with E-state index in [1.165, 1.54) is 19.3 Å². The SMILES string of the molecule is CCCC1C(=O)NC(C2CCCCC2)C(=O)N1CCOC. The van der Waals surface area contributed by atoms with Crippen LogP contribution in [0, 0.1) is 5.92 Å². The Morgan fingerprint density at radius 2 is 1.95 bits per heavy atom. The molecule has 0 spiro atoms. The van der Waals surface area contributed by atoms with Gasteiger partial charge >= 0.3 is 0 Å². The first-order valence-corrected chi connectivity index (χ1v) is 8.28.